The fourth-order valence-corrected chi connectivity index (χ4v) is 2.08. The van der Waals surface area contributed by atoms with Gasteiger partial charge in [0.15, 0.2) is 0 Å². The van der Waals surface area contributed by atoms with Crippen molar-refractivity contribution in [3.63, 3.8) is 0 Å². The number of rotatable bonds is 7. The van der Waals surface area contributed by atoms with Crippen molar-refractivity contribution in [3.8, 4) is 5.75 Å². The Kier molecular flexibility index (Phi) is 5.04. The van der Waals surface area contributed by atoms with E-state index in [2.05, 4.69) is 53.8 Å². The van der Waals surface area contributed by atoms with Gasteiger partial charge < -0.3 is 14.6 Å². The van der Waals surface area contributed by atoms with Gasteiger partial charge in [0, 0.05) is 18.9 Å². The van der Waals surface area contributed by atoms with Crippen molar-refractivity contribution in [1.82, 2.24) is 9.55 Å². The third kappa shape index (κ3) is 3.53. The van der Waals surface area contributed by atoms with E-state index >= 15 is 0 Å². The smallest absolute Gasteiger partial charge is 0.142 e. The van der Waals surface area contributed by atoms with Gasteiger partial charge >= 0.3 is 0 Å². The number of anilines is 1. The molecule has 4 nitrogen and oxygen atoms in total. The molecule has 4 heteroatoms. The lowest BCUT2D eigenvalue weighted by molar-refractivity contribution is 0.318. The Morgan fingerprint density at radius 2 is 2.15 bits per heavy atom. The molecule has 20 heavy (non-hydrogen) atoms. The van der Waals surface area contributed by atoms with Crippen molar-refractivity contribution in [2.75, 3.05) is 11.9 Å². The minimum atomic E-state index is 0.701. The average Bonchev–Trinajstić information content (AvgIpc) is 2.91. The summed E-state index contributed by atoms with van der Waals surface area (Å²) in [7, 11) is 0. The summed E-state index contributed by atoms with van der Waals surface area (Å²) in [5, 5.41) is 3.42. The van der Waals surface area contributed by atoms with E-state index < -0.39 is 0 Å². The molecule has 1 aromatic carbocycles. The Bertz CT molecular complexity index is 548. The Labute approximate surface area is 120 Å². The van der Waals surface area contributed by atoms with Crippen molar-refractivity contribution >= 4 is 5.69 Å². The molecule has 1 N–H and O–H groups in total. The van der Waals surface area contributed by atoms with Crippen molar-refractivity contribution in [3.05, 3.63) is 42.0 Å². The van der Waals surface area contributed by atoms with Crippen molar-refractivity contribution in [2.45, 2.75) is 40.3 Å². The van der Waals surface area contributed by atoms with E-state index in [1.807, 2.05) is 12.4 Å². The summed E-state index contributed by atoms with van der Waals surface area (Å²) < 4.78 is 7.94. The third-order valence-electron chi connectivity index (χ3n) is 3.18. The Morgan fingerprint density at radius 1 is 1.30 bits per heavy atom. The first kappa shape index (κ1) is 14.4. The maximum absolute atomic E-state index is 5.80. The molecule has 1 heterocycles. The molecule has 1 aromatic heterocycles. The highest BCUT2D eigenvalue weighted by Crippen LogP contribution is 2.26. The summed E-state index contributed by atoms with van der Waals surface area (Å²) in [6.07, 6.45) is 4.85. The van der Waals surface area contributed by atoms with Crippen LogP contribution in [0.4, 0.5) is 5.69 Å². The molecule has 0 spiro atoms. The molecule has 0 fully saturated rings. The second kappa shape index (κ2) is 6.98. The van der Waals surface area contributed by atoms with Crippen LogP contribution < -0.4 is 10.1 Å². The van der Waals surface area contributed by atoms with Crippen LogP contribution in [0.2, 0.25) is 0 Å². The van der Waals surface area contributed by atoms with Gasteiger partial charge in [-0.1, -0.05) is 13.0 Å². The lowest BCUT2D eigenvalue weighted by Crippen LogP contribution is -2.09. The third-order valence-corrected chi connectivity index (χ3v) is 3.18. The standard InChI is InChI=1S/C16H23N3O/c1-4-10-20-15-11-13(3)6-7-14(15)18-12-16-17-8-9-19(16)5-2/h6-9,11,18H,4-5,10,12H2,1-3H3. The fraction of sp³-hybridized carbons (Fsp3) is 0.438. The van der Waals surface area contributed by atoms with Gasteiger partial charge in [0.05, 0.1) is 18.8 Å². The van der Waals surface area contributed by atoms with E-state index in [1.54, 1.807) is 0 Å². The van der Waals surface area contributed by atoms with Crippen LogP contribution in [-0.2, 0) is 13.1 Å². The van der Waals surface area contributed by atoms with Crippen LogP contribution in [0, 0.1) is 6.92 Å². The van der Waals surface area contributed by atoms with E-state index in [0.29, 0.717) is 6.54 Å². The first-order chi connectivity index (χ1) is 9.74. The van der Waals surface area contributed by atoms with E-state index in [9.17, 15) is 0 Å². The van der Waals surface area contributed by atoms with Gasteiger partial charge in [0.1, 0.15) is 11.6 Å². The Morgan fingerprint density at radius 3 is 2.90 bits per heavy atom. The van der Waals surface area contributed by atoms with Gasteiger partial charge in [-0.3, -0.25) is 0 Å². The second-order valence-corrected chi connectivity index (χ2v) is 4.83. The number of nitrogens with one attached hydrogen (secondary N) is 1. The lowest BCUT2D eigenvalue weighted by Gasteiger charge is -2.14. The van der Waals surface area contributed by atoms with Crippen LogP contribution in [0.5, 0.6) is 5.75 Å². The molecule has 2 rings (SSSR count). The number of hydrogen-bond acceptors (Lipinski definition) is 3. The molecule has 0 aliphatic rings. The van der Waals surface area contributed by atoms with Gasteiger partial charge in [-0.25, -0.2) is 4.98 Å². The minimum Gasteiger partial charge on any atom is -0.491 e. The zero-order valence-electron chi connectivity index (χ0n) is 12.5. The van der Waals surface area contributed by atoms with Crippen LogP contribution >= 0.6 is 0 Å². The lowest BCUT2D eigenvalue weighted by atomic mass is 10.2. The topological polar surface area (TPSA) is 39.1 Å². The number of aryl methyl sites for hydroxylation is 2. The molecule has 0 radical (unpaired) electrons. The van der Waals surface area contributed by atoms with Crippen molar-refractivity contribution < 1.29 is 4.74 Å². The zero-order valence-corrected chi connectivity index (χ0v) is 12.5. The molecule has 0 unspecified atom stereocenters. The molecule has 0 saturated carbocycles. The highest BCUT2D eigenvalue weighted by atomic mass is 16.5. The number of ether oxygens (including phenoxy) is 1. The Hall–Kier alpha value is -1.97. The number of aromatic nitrogens is 2. The van der Waals surface area contributed by atoms with Gasteiger partial charge in [-0.2, -0.15) is 0 Å². The predicted molar refractivity (Wildman–Crippen MR) is 82.2 cm³/mol. The number of imidazole rings is 1. The van der Waals surface area contributed by atoms with Crippen LogP contribution in [0.25, 0.3) is 0 Å². The fourth-order valence-electron chi connectivity index (χ4n) is 2.08. The summed E-state index contributed by atoms with van der Waals surface area (Å²) in [6.45, 7) is 8.68. The summed E-state index contributed by atoms with van der Waals surface area (Å²) in [6, 6.07) is 6.23. The molecule has 0 bridgehead atoms. The van der Waals surface area contributed by atoms with Crippen molar-refractivity contribution in [1.29, 1.82) is 0 Å². The quantitative estimate of drug-likeness (QED) is 0.837. The summed E-state index contributed by atoms with van der Waals surface area (Å²) in [5.41, 5.74) is 2.23. The van der Waals surface area contributed by atoms with E-state index in [0.717, 1.165) is 36.8 Å². The molecule has 2 aromatic rings. The van der Waals surface area contributed by atoms with Crippen molar-refractivity contribution in [2.24, 2.45) is 0 Å². The van der Waals surface area contributed by atoms with Gasteiger partial charge in [-0.05, 0) is 38.0 Å². The largest absolute Gasteiger partial charge is 0.491 e. The minimum absolute atomic E-state index is 0.701. The van der Waals surface area contributed by atoms with Gasteiger partial charge in [0.25, 0.3) is 0 Å². The normalized spacial score (nSPS) is 10.6. The van der Waals surface area contributed by atoms with Crippen LogP contribution in [0.1, 0.15) is 31.7 Å². The second-order valence-electron chi connectivity index (χ2n) is 4.83. The zero-order chi connectivity index (χ0) is 14.4. The molecule has 0 saturated heterocycles. The maximum Gasteiger partial charge on any atom is 0.142 e. The van der Waals surface area contributed by atoms with Gasteiger partial charge in [-0.15, -0.1) is 0 Å². The van der Waals surface area contributed by atoms with Crippen LogP contribution in [0.15, 0.2) is 30.6 Å². The summed E-state index contributed by atoms with van der Waals surface area (Å²) in [5.74, 6) is 1.95. The molecule has 0 atom stereocenters. The monoisotopic (exact) mass is 273 g/mol. The van der Waals surface area contributed by atoms with E-state index in [-0.39, 0.29) is 0 Å². The first-order valence-electron chi connectivity index (χ1n) is 7.22. The van der Waals surface area contributed by atoms with Crippen LogP contribution in [0.3, 0.4) is 0 Å². The number of nitrogens with zero attached hydrogens (tertiary/aromatic N) is 2. The molecular weight excluding hydrogens is 250 g/mol. The van der Waals surface area contributed by atoms with Gasteiger partial charge in [0.2, 0.25) is 0 Å². The average molecular weight is 273 g/mol. The molecule has 108 valence electrons. The van der Waals surface area contributed by atoms with E-state index in [4.69, 9.17) is 4.74 Å². The molecule has 0 amide bonds. The summed E-state index contributed by atoms with van der Waals surface area (Å²) in [4.78, 5) is 4.37. The molecular formula is C16H23N3O. The highest BCUT2D eigenvalue weighted by Gasteiger charge is 2.06. The number of benzene rings is 1. The Balaban J connectivity index is 2.08. The highest BCUT2D eigenvalue weighted by molar-refractivity contribution is 5.57. The predicted octanol–water partition coefficient (Wildman–Crippen LogP) is 3.61. The van der Waals surface area contributed by atoms with Crippen LogP contribution in [-0.4, -0.2) is 16.2 Å². The SMILES string of the molecule is CCCOc1cc(C)ccc1NCc1nccn1CC. The number of hydrogen-bond donors (Lipinski definition) is 1. The summed E-state index contributed by atoms with van der Waals surface area (Å²) >= 11 is 0. The maximum atomic E-state index is 5.80. The molecule has 0 aliphatic carbocycles. The first-order valence-corrected chi connectivity index (χ1v) is 7.22. The van der Waals surface area contributed by atoms with E-state index in [1.165, 1.54) is 5.56 Å². The molecule has 0 aliphatic heterocycles.